The molecule has 0 saturated carbocycles. The van der Waals surface area contributed by atoms with Crippen LogP contribution in [0.1, 0.15) is 13.8 Å². The minimum Gasteiger partial charge on any atom is -0.504 e. The first kappa shape index (κ1) is 12.7. The van der Waals surface area contributed by atoms with E-state index in [-0.39, 0.29) is 18.3 Å². The monoisotopic (exact) mass is 246 g/mol. The van der Waals surface area contributed by atoms with Crippen molar-refractivity contribution in [2.75, 3.05) is 6.61 Å². The first-order valence-corrected chi connectivity index (χ1v) is 6.10. The highest BCUT2D eigenvalue weighted by molar-refractivity contribution is 5.85. The Labute approximate surface area is 107 Å². The quantitative estimate of drug-likeness (QED) is 0.872. The Hall–Kier alpha value is -1.74. The van der Waals surface area contributed by atoms with Gasteiger partial charge in [0.1, 0.15) is 6.61 Å². The number of ether oxygens (including phenoxy) is 1. The lowest BCUT2D eigenvalue weighted by Gasteiger charge is -2.16. The molecular formula is C15H18O3. The fourth-order valence-corrected chi connectivity index (χ4v) is 1.69. The van der Waals surface area contributed by atoms with Crippen LogP contribution in [0.5, 0.6) is 11.5 Å². The molecule has 0 aliphatic heterocycles. The number of benzene rings is 2. The Morgan fingerprint density at radius 3 is 2.33 bits per heavy atom. The Morgan fingerprint density at radius 1 is 1.11 bits per heavy atom. The van der Waals surface area contributed by atoms with Crippen LogP contribution in [0.4, 0.5) is 0 Å². The second-order valence-corrected chi connectivity index (χ2v) is 4.79. The highest BCUT2D eigenvalue weighted by atomic mass is 16.5. The SMILES string of the molecule is CC(C)C(O)COc1cc2ccccc2cc1O. The molecule has 2 rings (SSSR count). The molecule has 0 aromatic heterocycles. The zero-order valence-corrected chi connectivity index (χ0v) is 10.6. The van der Waals surface area contributed by atoms with Crippen molar-refractivity contribution in [2.45, 2.75) is 20.0 Å². The van der Waals surface area contributed by atoms with Crippen molar-refractivity contribution in [3.63, 3.8) is 0 Å². The molecule has 0 saturated heterocycles. The van der Waals surface area contributed by atoms with Gasteiger partial charge in [0.2, 0.25) is 0 Å². The number of aromatic hydroxyl groups is 1. The van der Waals surface area contributed by atoms with Gasteiger partial charge in [0, 0.05) is 0 Å². The van der Waals surface area contributed by atoms with Gasteiger partial charge in [-0.05, 0) is 28.8 Å². The Balaban J connectivity index is 2.20. The van der Waals surface area contributed by atoms with Crippen LogP contribution in [0.3, 0.4) is 0 Å². The molecule has 0 heterocycles. The van der Waals surface area contributed by atoms with Crippen LogP contribution >= 0.6 is 0 Å². The molecule has 3 heteroatoms. The molecule has 1 unspecified atom stereocenters. The van der Waals surface area contributed by atoms with E-state index in [0.29, 0.717) is 5.75 Å². The van der Waals surface area contributed by atoms with Crippen LogP contribution in [0, 0.1) is 5.92 Å². The molecule has 0 aliphatic carbocycles. The molecule has 0 amide bonds. The Morgan fingerprint density at radius 2 is 1.72 bits per heavy atom. The van der Waals surface area contributed by atoms with Gasteiger partial charge in [-0.25, -0.2) is 0 Å². The molecule has 2 aromatic rings. The number of hydrogen-bond acceptors (Lipinski definition) is 3. The van der Waals surface area contributed by atoms with E-state index >= 15 is 0 Å². The van der Waals surface area contributed by atoms with E-state index in [2.05, 4.69) is 0 Å². The second-order valence-electron chi connectivity index (χ2n) is 4.79. The van der Waals surface area contributed by atoms with Crippen LogP contribution in [-0.4, -0.2) is 22.9 Å². The van der Waals surface area contributed by atoms with Crippen LogP contribution in [0.15, 0.2) is 36.4 Å². The predicted molar refractivity (Wildman–Crippen MR) is 72.0 cm³/mol. The summed E-state index contributed by atoms with van der Waals surface area (Å²) in [6.45, 7) is 4.03. The molecule has 2 aromatic carbocycles. The van der Waals surface area contributed by atoms with Gasteiger partial charge < -0.3 is 14.9 Å². The molecule has 3 nitrogen and oxygen atoms in total. The molecule has 1 atom stereocenters. The number of phenolic OH excluding ortho intramolecular Hbond substituents is 1. The summed E-state index contributed by atoms with van der Waals surface area (Å²) in [6, 6.07) is 11.2. The van der Waals surface area contributed by atoms with Crippen LogP contribution in [-0.2, 0) is 0 Å². The largest absolute Gasteiger partial charge is 0.504 e. The first-order chi connectivity index (χ1) is 8.58. The average molecular weight is 246 g/mol. The fourth-order valence-electron chi connectivity index (χ4n) is 1.69. The summed E-state index contributed by atoms with van der Waals surface area (Å²) >= 11 is 0. The highest BCUT2D eigenvalue weighted by Crippen LogP contribution is 2.31. The molecule has 18 heavy (non-hydrogen) atoms. The molecule has 2 N–H and O–H groups in total. The molecule has 0 aliphatic rings. The van der Waals surface area contributed by atoms with Crippen LogP contribution in [0.25, 0.3) is 10.8 Å². The standard InChI is InChI=1S/C15H18O3/c1-10(2)14(17)9-18-15-8-12-6-4-3-5-11(12)7-13(15)16/h3-8,10,14,16-17H,9H2,1-2H3. The zero-order chi connectivity index (χ0) is 13.1. The zero-order valence-electron chi connectivity index (χ0n) is 10.6. The fraction of sp³-hybridized carbons (Fsp3) is 0.333. The minimum atomic E-state index is -0.532. The van der Waals surface area contributed by atoms with E-state index in [1.807, 2.05) is 38.1 Å². The van der Waals surface area contributed by atoms with Crippen LogP contribution < -0.4 is 4.74 Å². The topological polar surface area (TPSA) is 49.7 Å². The first-order valence-electron chi connectivity index (χ1n) is 6.10. The van der Waals surface area contributed by atoms with Crippen molar-refractivity contribution < 1.29 is 14.9 Å². The second kappa shape index (κ2) is 5.27. The number of aliphatic hydroxyl groups is 1. The van der Waals surface area contributed by atoms with Gasteiger partial charge in [0.25, 0.3) is 0 Å². The van der Waals surface area contributed by atoms with Crippen molar-refractivity contribution in [3.05, 3.63) is 36.4 Å². The van der Waals surface area contributed by atoms with Gasteiger partial charge in [-0.15, -0.1) is 0 Å². The number of rotatable bonds is 4. The van der Waals surface area contributed by atoms with E-state index in [1.54, 1.807) is 12.1 Å². The van der Waals surface area contributed by atoms with Gasteiger partial charge in [-0.2, -0.15) is 0 Å². The highest BCUT2D eigenvalue weighted by Gasteiger charge is 2.12. The Kier molecular flexibility index (Phi) is 3.72. The molecule has 0 spiro atoms. The number of phenols is 1. The van der Waals surface area contributed by atoms with E-state index in [4.69, 9.17) is 4.74 Å². The van der Waals surface area contributed by atoms with E-state index in [1.165, 1.54) is 0 Å². The third kappa shape index (κ3) is 2.74. The predicted octanol–water partition coefficient (Wildman–Crippen LogP) is 2.94. The molecule has 0 radical (unpaired) electrons. The lowest BCUT2D eigenvalue weighted by molar-refractivity contribution is 0.0691. The lowest BCUT2D eigenvalue weighted by Crippen LogP contribution is -2.23. The van der Waals surface area contributed by atoms with Crippen molar-refractivity contribution in [1.82, 2.24) is 0 Å². The van der Waals surface area contributed by atoms with Gasteiger partial charge in [0.15, 0.2) is 11.5 Å². The van der Waals surface area contributed by atoms with Crippen molar-refractivity contribution >= 4 is 10.8 Å². The summed E-state index contributed by atoms with van der Waals surface area (Å²) in [4.78, 5) is 0. The van der Waals surface area contributed by atoms with Gasteiger partial charge in [0.05, 0.1) is 6.10 Å². The summed E-state index contributed by atoms with van der Waals surface area (Å²) in [7, 11) is 0. The summed E-state index contributed by atoms with van der Waals surface area (Å²) in [6.07, 6.45) is -0.532. The number of hydrogen-bond donors (Lipinski definition) is 2. The summed E-state index contributed by atoms with van der Waals surface area (Å²) < 4.78 is 5.47. The van der Waals surface area contributed by atoms with Crippen molar-refractivity contribution in [3.8, 4) is 11.5 Å². The smallest absolute Gasteiger partial charge is 0.161 e. The number of fused-ring (bicyclic) bond motifs is 1. The van der Waals surface area contributed by atoms with Crippen molar-refractivity contribution in [2.24, 2.45) is 5.92 Å². The lowest BCUT2D eigenvalue weighted by atomic mass is 10.1. The average Bonchev–Trinajstić information content (AvgIpc) is 2.35. The van der Waals surface area contributed by atoms with Gasteiger partial charge in [-0.3, -0.25) is 0 Å². The van der Waals surface area contributed by atoms with E-state index in [0.717, 1.165) is 10.8 Å². The minimum absolute atomic E-state index is 0.102. The molecular weight excluding hydrogens is 228 g/mol. The van der Waals surface area contributed by atoms with Crippen LogP contribution in [0.2, 0.25) is 0 Å². The van der Waals surface area contributed by atoms with Crippen molar-refractivity contribution in [1.29, 1.82) is 0 Å². The summed E-state index contributed by atoms with van der Waals surface area (Å²) in [5, 5.41) is 21.5. The third-order valence-corrected chi connectivity index (χ3v) is 3.01. The third-order valence-electron chi connectivity index (χ3n) is 3.01. The molecule has 96 valence electrons. The van der Waals surface area contributed by atoms with E-state index < -0.39 is 6.10 Å². The van der Waals surface area contributed by atoms with Gasteiger partial charge >= 0.3 is 0 Å². The maximum Gasteiger partial charge on any atom is 0.161 e. The number of aliphatic hydroxyl groups excluding tert-OH is 1. The maximum absolute atomic E-state index is 9.85. The van der Waals surface area contributed by atoms with E-state index in [9.17, 15) is 10.2 Å². The maximum atomic E-state index is 9.85. The van der Waals surface area contributed by atoms with Gasteiger partial charge in [-0.1, -0.05) is 38.1 Å². The summed E-state index contributed by atoms with van der Waals surface area (Å²) in [5.41, 5.74) is 0. The normalized spacial score (nSPS) is 12.9. The Bertz CT molecular complexity index is 534. The molecule has 0 fully saturated rings. The summed E-state index contributed by atoms with van der Waals surface area (Å²) in [5.74, 6) is 0.644. The molecule has 0 bridgehead atoms.